The molecule has 0 spiro atoms. The largest absolute Gasteiger partial charge is 0.478 e. The molecule has 0 unspecified atom stereocenters. The van der Waals surface area contributed by atoms with Crippen molar-refractivity contribution in [2.24, 2.45) is 0 Å². The number of carbonyl (C=O) groups is 2. The van der Waals surface area contributed by atoms with Gasteiger partial charge in [0.1, 0.15) is 5.82 Å². The molecule has 0 aliphatic heterocycles. The monoisotopic (exact) mass is 371 g/mol. The first kappa shape index (κ1) is 15.5. The number of aromatic carboxylic acids is 1. The number of halogens is 3. The van der Waals surface area contributed by atoms with E-state index in [4.69, 9.17) is 16.7 Å². The number of carboxylic acids is 1. The van der Waals surface area contributed by atoms with E-state index in [1.54, 1.807) is 0 Å². The summed E-state index contributed by atoms with van der Waals surface area (Å²) in [6, 6.07) is 7.61. The average Bonchev–Trinajstić information content (AvgIpc) is 2.40. The number of amides is 1. The first-order valence-electron chi connectivity index (χ1n) is 5.67. The lowest BCUT2D eigenvalue weighted by Gasteiger charge is -2.09. The van der Waals surface area contributed by atoms with Crippen LogP contribution < -0.4 is 5.32 Å². The minimum Gasteiger partial charge on any atom is -0.478 e. The van der Waals surface area contributed by atoms with Crippen LogP contribution in [0.25, 0.3) is 0 Å². The van der Waals surface area contributed by atoms with E-state index in [1.165, 1.54) is 24.3 Å². The summed E-state index contributed by atoms with van der Waals surface area (Å²) in [5.41, 5.74) is 0.581. The quantitative estimate of drug-likeness (QED) is 0.849. The highest BCUT2D eigenvalue weighted by Crippen LogP contribution is 2.25. The van der Waals surface area contributed by atoms with Gasteiger partial charge in [-0.15, -0.1) is 0 Å². The van der Waals surface area contributed by atoms with Crippen LogP contribution in [0.1, 0.15) is 20.7 Å². The predicted octanol–water partition coefficient (Wildman–Crippen LogP) is 4.19. The van der Waals surface area contributed by atoms with Gasteiger partial charge in [-0.25, -0.2) is 9.18 Å². The zero-order valence-electron chi connectivity index (χ0n) is 10.4. The molecule has 2 N–H and O–H groups in total. The van der Waals surface area contributed by atoms with Crippen molar-refractivity contribution in [2.45, 2.75) is 0 Å². The van der Waals surface area contributed by atoms with Crippen molar-refractivity contribution >= 4 is 45.1 Å². The molecule has 108 valence electrons. The summed E-state index contributed by atoms with van der Waals surface area (Å²) in [5.74, 6) is -2.14. The fourth-order valence-electron chi connectivity index (χ4n) is 1.61. The van der Waals surface area contributed by atoms with E-state index >= 15 is 0 Å². The smallest absolute Gasteiger partial charge is 0.335 e. The molecular formula is C14H8BrClFNO3. The van der Waals surface area contributed by atoms with Crippen molar-refractivity contribution in [3.8, 4) is 0 Å². The molecule has 0 heterocycles. The SMILES string of the molecule is O=C(O)c1ccc(NC(=O)c2ccc(F)cc2Cl)c(Br)c1. The van der Waals surface area contributed by atoms with Gasteiger partial charge in [-0.05, 0) is 52.3 Å². The second kappa shape index (κ2) is 6.24. The van der Waals surface area contributed by atoms with Gasteiger partial charge in [0.05, 0.1) is 21.8 Å². The number of nitrogens with one attached hydrogen (secondary N) is 1. The van der Waals surface area contributed by atoms with Crippen LogP contribution in [-0.4, -0.2) is 17.0 Å². The number of carboxylic acid groups (broad SMARTS) is 1. The number of benzene rings is 2. The van der Waals surface area contributed by atoms with Crippen molar-refractivity contribution in [3.05, 3.63) is 62.8 Å². The molecular weight excluding hydrogens is 365 g/mol. The van der Waals surface area contributed by atoms with E-state index in [-0.39, 0.29) is 16.1 Å². The Morgan fingerprint density at radius 1 is 1.19 bits per heavy atom. The first-order chi connectivity index (χ1) is 9.88. The summed E-state index contributed by atoms with van der Waals surface area (Å²) < 4.78 is 13.4. The second-order valence-corrected chi connectivity index (χ2v) is 5.34. The lowest BCUT2D eigenvalue weighted by molar-refractivity contribution is 0.0696. The molecule has 4 nitrogen and oxygen atoms in total. The Kier molecular flexibility index (Phi) is 4.59. The summed E-state index contributed by atoms with van der Waals surface area (Å²) >= 11 is 8.98. The van der Waals surface area contributed by atoms with Crippen LogP contribution in [0.2, 0.25) is 5.02 Å². The van der Waals surface area contributed by atoms with Gasteiger partial charge in [-0.2, -0.15) is 0 Å². The van der Waals surface area contributed by atoms with E-state index in [0.29, 0.717) is 10.2 Å². The maximum Gasteiger partial charge on any atom is 0.335 e. The van der Waals surface area contributed by atoms with Gasteiger partial charge in [-0.1, -0.05) is 11.6 Å². The molecule has 21 heavy (non-hydrogen) atoms. The molecule has 0 aliphatic carbocycles. The van der Waals surface area contributed by atoms with Crippen molar-refractivity contribution in [3.63, 3.8) is 0 Å². The highest BCUT2D eigenvalue weighted by molar-refractivity contribution is 9.10. The zero-order valence-corrected chi connectivity index (χ0v) is 12.7. The minimum atomic E-state index is -1.07. The highest BCUT2D eigenvalue weighted by atomic mass is 79.9. The molecule has 0 saturated heterocycles. The van der Waals surface area contributed by atoms with E-state index in [2.05, 4.69) is 21.2 Å². The maximum absolute atomic E-state index is 12.9. The molecule has 0 bridgehead atoms. The Morgan fingerprint density at radius 3 is 2.48 bits per heavy atom. The molecule has 0 saturated carbocycles. The number of rotatable bonds is 3. The van der Waals surface area contributed by atoms with Crippen LogP contribution in [0.15, 0.2) is 40.9 Å². The molecule has 0 atom stereocenters. The third kappa shape index (κ3) is 3.59. The maximum atomic E-state index is 12.9. The Labute approximate surface area is 132 Å². The number of hydrogen-bond donors (Lipinski definition) is 2. The molecule has 0 aromatic heterocycles. The van der Waals surface area contributed by atoms with Crippen LogP contribution in [0, 0.1) is 5.82 Å². The van der Waals surface area contributed by atoms with E-state index in [9.17, 15) is 14.0 Å². The molecule has 7 heteroatoms. The Hall–Kier alpha value is -1.92. The zero-order chi connectivity index (χ0) is 15.6. The van der Waals surface area contributed by atoms with Crippen molar-refractivity contribution < 1.29 is 19.1 Å². The number of carbonyl (C=O) groups excluding carboxylic acids is 1. The fourth-order valence-corrected chi connectivity index (χ4v) is 2.34. The van der Waals surface area contributed by atoms with E-state index < -0.39 is 17.7 Å². The molecule has 1 amide bonds. The molecule has 2 rings (SSSR count). The fraction of sp³-hybridized carbons (Fsp3) is 0. The van der Waals surface area contributed by atoms with Crippen molar-refractivity contribution in [1.29, 1.82) is 0 Å². The highest BCUT2D eigenvalue weighted by Gasteiger charge is 2.14. The summed E-state index contributed by atoms with van der Waals surface area (Å²) in [6.07, 6.45) is 0. The van der Waals surface area contributed by atoms with Crippen LogP contribution >= 0.6 is 27.5 Å². The lowest BCUT2D eigenvalue weighted by Crippen LogP contribution is -2.13. The van der Waals surface area contributed by atoms with Crippen LogP contribution in [0.3, 0.4) is 0 Å². The van der Waals surface area contributed by atoms with Crippen molar-refractivity contribution in [2.75, 3.05) is 5.32 Å². The topological polar surface area (TPSA) is 66.4 Å². The van der Waals surface area contributed by atoms with Crippen LogP contribution in [0.4, 0.5) is 10.1 Å². The predicted molar refractivity (Wildman–Crippen MR) is 80.5 cm³/mol. The summed E-state index contributed by atoms with van der Waals surface area (Å²) in [6.45, 7) is 0. The Morgan fingerprint density at radius 2 is 1.90 bits per heavy atom. The van der Waals surface area contributed by atoms with Gasteiger partial charge in [-0.3, -0.25) is 4.79 Å². The van der Waals surface area contributed by atoms with E-state index in [1.807, 2.05) is 0 Å². The standard InChI is InChI=1S/C14H8BrClFNO3/c15-10-5-7(14(20)21)1-4-12(10)18-13(19)9-3-2-8(17)6-11(9)16/h1-6H,(H,18,19)(H,20,21). The van der Waals surface area contributed by atoms with Gasteiger partial charge in [0.2, 0.25) is 0 Å². The third-order valence-corrected chi connectivity index (χ3v) is 3.61. The van der Waals surface area contributed by atoms with Crippen LogP contribution in [-0.2, 0) is 0 Å². The lowest BCUT2D eigenvalue weighted by atomic mass is 10.2. The van der Waals surface area contributed by atoms with Gasteiger partial charge >= 0.3 is 5.97 Å². The molecule has 2 aromatic rings. The van der Waals surface area contributed by atoms with Gasteiger partial charge in [0.15, 0.2) is 0 Å². The number of hydrogen-bond acceptors (Lipinski definition) is 2. The van der Waals surface area contributed by atoms with Crippen molar-refractivity contribution in [1.82, 2.24) is 0 Å². The summed E-state index contributed by atoms with van der Waals surface area (Å²) in [4.78, 5) is 22.9. The molecule has 2 aromatic carbocycles. The molecule has 0 aliphatic rings. The summed E-state index contributed by atoms with van der Waals surface area (Å²) in [5, 5.41) is 11.4. The summed E-state index contributed by atoms with van der Waals surface area (Å²) in [7, 11) is 0. The van der Waals surface area contributed by atoms with Gasteiger partial charge < -0.3 is 10.4 Å². The van der Waals surface area contributed by atoms with Gasteiger partial charge in [0.25, 0.3) is 5.91 Å². The number of anilines is 1. The van der Waals surface area contributed by atoms with E-state index in [0.717, 1.165) is 12.1 Å². The van der Waals surface area contributed by atoms with Crippen LogP contribution in [0.5, 0.6) is 0 Å². The van der Waals surface area contributed by atoms with Gasteiger partial charge in [0, 0.05) is 4.47 Å². The average molecular weight is 373 g/mol. The Bertz CT molecular complexity index is 736. The first-order valence-corrected chi connectivity index (χ1v) is 6.85. The normalized spacial score (nSPS) is 10.2. The third-order valence-electron chi connectivity index (χ3n) is 2.64. The minimum absolute atomic E-state index is 0.00854. The Balaban J connectivity index is 2.25. The molecule has 0 fully saturated rings. The second-order valence-electron chi connectivity index (χ2n) is 4.08. The molecule has 0 radical (unpaired) electrons.